The number of benzene rings is 2. The Morgan fingerprint density at radius 1 is 0.955 bits per heavy atom. The van der Waals surface area contributed by atoms with E-state index in [1.807, 2.05) is 42.5 Å². The number of carbonyl (C=O) groups excluding carboxylic acids is 1. The third-order valence-corrected chi connectivity index (χ3v) is 4.79. The normalized spacial score (nSPS) is 12.1. The summed E-state index contributed by atoms with van der Waals surface area (Å²) in [6.45, 7) is 2.26. The first kappa shape index (κ1) is 17.2. The average Bonchev–Trinajstić information content (AvgIpc) is 2.59. The summed E-state index contributed by atoms with van der Waals surface area (Å²) in [4.78, 5) is 12.5. The van der Waals surface area contributed by atoms with Crippen LogP contribution in [-0.2, 0) is 0 Å². The van der Waals surface area contributed by atoms with Gasteiger partial charge in [-0.25, -0.2) is 0 Å². The van der Waals surface area contributed by atoms with E-state index in [9.17, 15) is 4.79 Å². The van der Waals surface area contributed by atoms with Crippen LogP contribution in [0.15, 0.2) is 54.6 Å². The molecule has 0 spiro atoms. The van der Waals surface area contributed by atoms with Crippen LogP contribution in [-0.4, -0.2) is 10.2 Å². The van der Waals surface area contributed by atoms with Gasteiger partial charge in [-0.15, -0.1) is 0 Å². The van der Waals surface area contributed by atoms with Gasteiger partial charge >= 0.3 is 0 Å². The van der Waals surface area contributed by atoms with Gasteiger partial charge in [-0.2, -0.15) is 0 Å². The number of alkyl halides is 1. The molecular weight excluding hydrogens is 383 g/mol. The van der Waals surface area contributed by atoms with E-state index >= 15 is 0 Å². The van der Waals surface area contributed by atoms with E-state index < -0.39 is 0 Å². The zero-order valence-corrected chi connectivity index (χ0v) is 15.3. The Balaban J connectivity index is 2.05. The largest absolute Gasteiger partial charge is 0.289 e. The second-order valence-corrected chi connectivity index (χ2v) is 6.84. The minimum absolute atomic E-state index is 0.111. The maximum atomic E-state index is 12.5. The van der Waals surface area contributed by atoms with Crippen LogP contribution in [0, 0.1) is 0 Å². The molecule has 1 unspecified atom stereocenters. The molecule has 0 heterocycles. The van der Waals surface area contributed by atoms with Crippen molar-refractivity contribution < 1.29 is 4.79 Å². The SMILES string of the molecule is CC(CCCCCI)c1cccc(C(=O)c2ccccc2)c1. The third kappa shape index (κ3) is 4.94. The first-order chi connectivity index (χ1) is 10.7. The van der Waals surface area contributed by atoms with Crippen molar-refractivity contribution in [2.75, 3.05) is 4.43 Å². The fourth-order valence-electron chi connectivity index (χ4n) is 2.63. The molecule has 0 N–H and O–H groups in total. The monoisotopic (exact) mass is 406 g/mol. The van der Waals surface area contributed by atoms with E-state index in [1.165, 1.54) is 35.7 Å². The molecule has 2 aromatic rings. The van der Waals surface area contributed by atoms with Gasteiger partial charge in [0.05, 0.1) is 0 Å². The Kier molecular flexibility index (Phi) is 7.10. The summed E-state index contributed by atoms with van der Waals surface area (Å²) in [6, 6.07) is 17.6. The summed E-state index contributed by atoms with van der Waals surface area (Å²) in [5.74, 6) is 0.622. The van der Waals surface area contributed by atoms with E-state index in [0.29, 0.717) is 5.92 Å². The van der Waals surface area contributed by atoms with Gasteiger partial charge in [-0.05, 0) is 34.8 Å². The smallest absolute Gasteiger partial charge is 0.193 e. The summed E-state index contributed by atoms with van der Waals surface area (Å²) in [5.41, 5.74) is 2.83. The highest BCUT2D eigenvalue weighted by molar-refractivity contribution is 14.1. The van der Waals surface area contributed by atoms with Crippen LogP contribution in [0.4, 0.5) is 0 Å². The summed E-state index contributed by atoms with van der Waals surface area (Å²) in [7, 11) is 0. The Labute approximate surface area is 147 Å². The van der Waals surface area contributed by atoms with Crippen molar-refractivity contribution in [3.63, 3.8) is 0 Å². The number of hydrogen-bond donors (Lipinski definition) is 0. The predicted octanol–water partition coefficient (Wildman–Crippen LogP) is 6.02. The fraction of sp³-hybridized carbons (Fsp3) is 0.350. The van der Waals surface area contributed by atoms with Crippen molar-refractivity contribution in [2.45, 2.75) is 38.5 Å². The standard InChI is InChI=1S/C20H23IO/c1-16(9-4-3-7-14-21)18-12-8-13-19(15-18)20(22)17-10-5-2-6-11-17/h2,5-6,8,10-13,15-16H,3-4,7,9,14H2,1H3. The molecule has 22 heavy (non-hydrogen) atoms. The number of unbranched alkanes of at least 4 members (excludes halogenated alkanes) is 2. The van der Waals surface area contributed by atoms with E-state index in [0.717, 1.165) is 11.1 Å². The van der Waals surface area contributed by atoms with Crippen LogP contribution in [0.5, 0.6) is 0 Å². The molecule has 0 radical (unpaired) electrons. The van der Waals surface area contributed by atoms with Crippen LogP contribution in [0.2, 0.25) is 0 Å². The number of ketones is 1. The molecule has 0 fully saturated rings. The molecule has 0 amide bonds. The zero-order valence-electron chi connectivity index (χ0n) is 13.1. The molecule has 2 heteroatoms. The molecule has 2 rings (SSSR count). The summed E-state index contributed by atoms with van der Waals surface area (Å²) < 4.78 is 1.24. The lowest BCUT2D eigenvalue weighted by Crippen LogP contribution is -2.03. The number of halogens is 1. The van der Waals surface area contributed by atoms with Crippen LogP contribution >= 0.6 is 22.6 Å². The van der Waals surface area contributed by atoms with Crippen molar-refractivity contribution in [3.05, 3.63) is 71.3 Å². The lowest BCUT2D eigenvalue weighted by Gasteiger charge is -2.13. The molecule has 2 aromatic carbocycles. The summed E-state index contributed by atoms with van der Waals surface area (Å²) in [6.07, 6.45) is 5.07. The van der Waals surface area contributed by atoms with Crippen molar-refractivity contribution in [3.8, 4) is 0 Å². The highest BCUT2D eigenvalue weighted by atomic mass is 127. The molecule has 1 nitrogen and oxygen atoms in total. The van der Waals surface area contributed by atoms with Crippen LogP contribution in [0.25, 0.3) is 0 Å². The molecule has 0 aromatic heterocycles. The Morgan fingerprint density at radius 3 is 2.41 bits per heavy atom. The molecule has 0 bridgehead atoms. The second kappa shape index (κ2) is 9.09. The topological polar surface area (TPSA) is 17.1 Å². The van der Waals surface area contributed by atoms with Crippen molar-refractivity contribution in [2.24, 2.45) is 0 Å². The third-order valence-electron chi connectivity index (χ3n) is 4.02. The van der Waals surface area contributed by atoms with Crippen LogP contribution in [0.1, 0.15) is 60.0 Å². The minimum atomic E-state index is 0.111. The first-order valence-electron chi connectivity index (χ1n) is 7.98. The van der Waals surface area contributed by atoms with Crippen LogP contribution in [0.3, 0.4) is 0 Å². The first-order valence-corrected chi connectivity index (χ1v) is 9.50. The number of carbonyl (C=O) groups is 1. The maximum absolute atomic E-state index is 12.5. The van der Waals surface area contributed by atoms with Gasteiger partial charge < -0.3 is 0 Å². The molecule has 0 aliphatic carbocycles. The number of hydrogen-bond acceptors (Lipinski definition) is 1. The van der Waals surface area contributed by atoms with Crippen molar-refractivity contribution >= 4 is 28.4 Å². The lowest BCUT2D eigenvalue weighted by molar-refractivity contribution is 0.103. The average molecular weight is 406 g/mol. The van der Waals surface area contributed by atoms with Gasteiger partial charge in [0.2, 0.25) is 0 Å². The zero-order chi connectivity index (χ0) is 15.8. The lowest BCUT2D eigenvalue weighted by atomic mass is 9.92. The Hall–Kier alpha value is -1.16. The molecule has 0 saturated carbocycles. The highest BCUT2D eigenvalue weighted by Gasteiger charge is 2.11. The van der Waals surface area contributed by atoms with Gasteiger partial charge in [0.1, 0.15) is 0 Å². The van der Waals surface area contributed by atoms with Gasteiger partial charge in [-0.1, -0.05) is 90.9 Å². The quantitative estimate of drug-likeness (QED) is 0.227. The van der Waals surface area contributed by atoms with Crippen molar-refractivity contribution in [1.29, 1.82) is 0 Å². The molecule has 1 atom stereocenters. The Morgan fingerprint density at radius 2 is 1.68 bits per heavy atom. The van der Waals surface area contributed by atoms with E-state index in [-0.39, 0.29) is 5.78 Å². The summed E-state index contributed by atoms with van der Waals surface area (Å²) >= 11 is 2.44. The van der Waals surface area contributed by atoms with Crippen LogP contribution < -0.4 is 0 Å². The van der Waals surface area contributed by atoms with E-state index in [4.69, 9.17) is 0 Å². The highest BCUT2D eigenvalue weighted by Crippen LogP contribution is 2.23. The molecule has 0 saturated heterocycles. The van der Waals surface area contributed by atoms with E-state index in [1.54, 1.807) is 0 Å². The predicted molar refractivity (Wildman–Crippen MR) is 102 cm³/mol. The van der Waals surface area contributed by atoms with Gasteiger partial charge in [0.15, 0.2) is 5.78 Å². The minimum Gasteiger partial charge on any atom is -0.289 e. The Bertz CT molecular complexity index is 592. The molecular formula is C20H23IO. The van der Waals surface area contributed by atoms with Crippen molar-refractivity contribution in [1.82, 2.24) is 0 Å². The second-order valence-electron chi connectivity index (χ2n) is 5.76. The van der Waals surface area contributed by atoms with Gasteiger partial charge in [-0.3, -0.25) is 4.79 Å². The van der Waals surface area contributed by atoms with Gasteiger partial charge in [0, 0.05) is 11.1 Å². The maximum Gasteiger partial charge on any atom is 0.193 e. The molecule has 116 valence electrons. The van der Waals surface area contributed by atoms with E-state index in [2.05, 4.69) is 41.6 Å². The summed E-state index contributed by atoms with van der Waals surface area (Å²) in [5, 5.41) is 0. The molecule has 0 aliphatic rings. The molecule has 0 aliphatic heterocycles. The van der Waals surface area contributed by atoms with Gasteiger partial charge in [0.25, 0.3) is 0 Å². The number of rotatable bonds is 8. The fourth-order valence-corrected chi connectivity index (χ4v) is 3.17.